The Hall–Kier alpha value is -1.77. The summed E-state index contributed by atoms with van der Waals surface area (Å²) in [4.78, 5) is 15.2. The maximum absolute atomic E-state index is 11.9. The standard InChI is InChI=1S/C16H22N2O/c1-5-16(3,4)10-17-15-14(11(2)19)12-8-6-7-9-13(12)18-15/h6-9,17-18H,5,10H2,1-4H3. The number of hydrogen-bond donors (Lipinski definition) is 2. The van der Waals surface area contributed by atoms with Crippen LogP contribution in [-0.4, -0.2) is 17.3 Å². The van der Waals surface area contributed by atoms with Gasteiger partial charge >= 0.3 is 0 Å². The lowest BCUT2D eigenvalue weighted by Crippen LogP contribution is -2.22. The number of nitrogens with one attached hydrogen (secondary N) is 2. The Balaban J connectivity index is 2.37. The van der Waals surface area contributed by atoms with Crippen molar-refractivity contribution in [2.45, 2.75) is 34.1 Å². The lowest BCUT2D eigenvalue weighted by Gasteiger charge is -2.23. The number of carbonyl (C=O) groups is 1. The normalized spacial score (nSPS) is 11.8. The van der Waals surface area contributed by atoms with Crippen molar-refractivity contribution in [1.82, 2.24) is 4.98 Å². The van der Waals surface area contributed by atoms with Crippen molar-refractivity contribution >= 4 is 22.5 Å². The third-order valence-corrected chi connectivity index (χ3v) is 3.76. The van der Waals surface area contributed by atoms with Gasteiger partial charge in [-0.05, 0) is 24.8 Å². The minimum atomic E-state index is 0.0919. The second-order valence-corrected chi connectivity index (χ2v) is 5.85. The minimum absolute atomic E-state index is 0.0919. The van der Waals surface area contributed by atoms with Crippen LogP contribution in [0.3, 0.4) is 0 Å². The number of anilines is 1. The van der Waals surface area contributed by atoms with Crippen LogP contribution in [0.2, 0.25) is 0 Å². The van der Waals surface area contributed by atoms with Gasteiger partial charge in [-0.1, -0.05) is 39.0 Å². The molecule has 19 heavy (non-hydrogen) atoms. The predicted molar refractivity (Wildman–Crippen MR) is 80.9 cm³/mol. The third-order valence-electron chi connectivity index (χ3n) is 3.76. The van der Waals surface area contributed by atoms with Gasteiger partial charge < -0.3 is 10.3 Å². The predicted octanol–water partition coefficient (Wildman–Crippen LogP) is 4.22. The smallest absolute Gasteiger partial charge is 0.164 e. The molecule has 0 fully saturated rings. The summed E-state index contributed by atoms with van der Waals surface area (Å²) in [5.74, 6) is 0.935. The SMILES string of the molecule is CCC(C)(C)CNc1[nH]c2ccccc2c1C(C)=O. The minimum Gasteiger partial charge on any atom is -0.370 e. The van der Waals surface area contributed by atoms with Gasteiger partial charge in [-0.15, -0.1) is 0 Å². The summed E-state index contributed by atoms with van der Waals surface area (Å²) in [6, 6.07) is 7.92. The molecule has 2 rings (SSSR count). The van der Waals surface area contributed by atoms with Crippen LogP contribution in [-0.2, 0) is 0 Å². The van der Waals surface area contributed by atoms with Crippen LogP contribution in [0.1, 0.15) is 44.5 Å². The molecular weight excluding hydrogens is 236 g/mol. The van der Waals surface area contributed by atoms with Crippen LogP contribution >= 0.6 is 0 Å². The number of aromatic amines is 1. The average molecular weight is 258 g/mol. The number of rotatable bonds is 5. The molecule has 0 saturated heterocycles. The van der Waals surface area contributed by atoms with Gasteiger partial charge in [0.25, 0.3) is 0 Å². The summed E-state index contributed by atoms with van der Waals surface area (Å²) < 4.78 is 0. The number of Topliss-reactive ketones (excluding diaryl/α,β-unsaturated/α-hetero) is 1. The topological polar surface area (TPSA) is 44.9 Å². The molecule has 1 heterocycles. The highest BCUT2D eigenvalue weighted by Gasteiger charge is 2.19. The third kappa shape index (κ3) is 2.80. The lowest BCUT2D eigenvalue weighted by atomic mass is 9.90. The molecule has 1 aromatic carbocycles. The molecule has 1 aromatic heterocycles. The maximum atomic E-state index is 11.9. The number of hydrogen-bond acceptors (Lipinski definition) is 2. The molecule has 0 aliphatic heterocycles. The van der Waals surface area contributed by atoms with E-state index in [2.05, 4.69) is 31.1 Å². The Bertz CT molecular complexity index is 596. The largest absolute Gasteiger partial charge is 0.370 e. The second kappa shape index (κ2) is 5.08. The highest BCUT2D eigenvalue weighted by atomic mass is 16.1. The van der Waals surface area contributed by atoms with E-state index in [1.807, 2.05) is 24.3 Å². The zero-order valence-electron chi connectivity index (χ0n) is 12.1. The Morgan fingerprint density at radius 2 is 2.00 bits per heavy atom. The monoisotopic (exact) mass is 258 g/mol. The molecule has 0 atom stereocenters. The first kappa shape index (κ1) is 13.7. The first-order valence-corrected chi connectivity index (χ1v) is 6.80. The van der Waals surface area contributed by atoms with Gasteiger partial charge in [0.05, 0.1) is 5.56 Å². The van der Waals surface area contributed by atoms with E-state index in [1.54, 1.807) is 6.92 Å². The van der Waals surface area contributed by atoms with E-state index in [0.717, 1.165) is 35.2 Å². The molecule has 3 heteroatoms. The molecule has 0 unspecified atom stereocenters. The first-order chi connectivity index (χ1) is 8.94. The number of fused-ring (bicyclic) bond motifs is 1. The summed E-state index contributed by atoms with van der Waals surface area (Å²) in [5, 5.41) is 4.39. The summed E-state index contributed by atoms with van der Waals surface area (Å²) >= 11 is 0. The number of aromatic nitrogens is 1. The second-order valence-electron chi connectivity index (χ2n) is 5.85. The quantitative estimate of drug-likeness (QED) is 0.789. The van der Waals surface area contributed by atoms with Crippen LogP contribution in [0.4, 0.5) is 5.82 Å². The van der Waals surface area contributed by atoms with Crippen molar-refractivity contribution in [3.63, 3.8) is 0 Å². The summed E-state index contributed by atoms with van der Waals surface area (Å²) in [6.45, 7) is 9.08. The van der Waals surface area contributed by atoms with Crippen LogP contribution < -0.4 is 5.32 Å². The molecule has 0 bridgehead atoms. The van der Waals surface area contributed by atoms with E-state index in [-0.39, 0.29) is 11.2 Å². The van der Waals surface area contributed by atoms with Crippen LogP contribution in [0, 0.1) is 5.41 Å². The van der Waals surface area contributed by atoms with Gasteiger partial charge in [0, 0.05) is 17.4 Å². The van der Waals surface area contributed by atoms with E-state index >= 15 is 0 Å². The fourth-order valence-corrected chi connectivity index (χ4v) is 2.09. The Morgan fingerprint density at radius 3 is 2.63 bits per heavy atom. The highest BCUT2D eigenvalue weighted by molar-refractivity contribution is 6.11. The molecule has 3 nitrogen and oxygen atoms in total. The van der Waals surface area contributed by atoms with E-state index in [1.165, 1.54) is 0 Å². The van der Waals surface area contributed by atoms with E-state index in [9.17, 15) is 4.79 Å². The van der Waals surface area contributed by atoms with Gasteiger partial charge in [0.1, 0.15) is 5.82 Å². The number of benzene rings is 1. The lowest BCUT2D eigenvalue weighted by molar-refractivity contribution is 0.102. The number of carbonyl (C=O) groups excluding carboxylic acids is 1. The van der Waals surface area contributed by atoms with Crippen molar-refractivity contribution in [2.75, 3.05) is 11.9 Å². The maximum Gasteiger partial charge on any atom is 0.164 e. The first-order valence-electron chi connectivity index (χ1n) is 6.80. The van der Waals surface area contributed by atoms with Gasteiger partial charge in [-0.25, -0.2) is 0 Å². The zero-order chi connectivity index (χ0) is 14.0. The Kier molecular flexibility index (Phi) is 3.65. The average Bonchev–Trinajstić information content (AvgIpc) is 2.75. The molecular formula is C16H22N2O. The number of para-hydroxylation sites is 1. The number of H-pyrrole nitrogens is 1. The van der Waals surface area contributed by atoms with Crippen LogP contribution in [0.25, 0.3) is 10.9 Å². The fraction of sp³-hybridized carbons (Fsp3) is 0.438. The van der Waals surface area contributed by atoms with E-state index < -0.39 is 0 Å². The molecule has 0 aliphatic carbocycles. The van der Waals surface area contributed by atoms with Crippen molar-refractivity contribution in [3.05, 3.63) is 29.8 Å². The summed E-state index contributed by atoms with van der Waals surface area (Å²) in [7, 11) is 0. The van der Waals surface area contributed by atoms with Crippen LogP contribution in [0.15, 0.2) is 24.3 Å². The molecule has 2 N–H and O–H groups in total. The Labute approximate surface area is 114 Å². The van der Waals surface area contributed by atoms with Crippen molar-refractivity contribution < 1.29 is 4.79 Å². The molecule has 102 valence electrons. The molecule has 2 aromatic rings. The molecule has 0 amide bonds. The Morgan fingerprint density at radius 1 is 1.32 bits per heavy atom. The molecule has 0 radical (unpaired) electrons. The van der Waals surface area contributed by atoms with Gasteiger partial charge in [-0.3, -0.25) is 4.79 Å². The van der Waals surface area contributed by atoms with Gasteiger partial charge in [0.15, 0.2) is 5.78 Å². The van der Waals surface area contributed by atoms with Crippen molar-refractivity contribution in [2.24, 2.45) is 5.41 Å². The summed E-state index contributed by atoms with van der Waals surface area (Å²) in [6.07, 6.45) is 1.09. The highest BCUT2D eigenvalue weighted by Crippen LogP contribution is 2.28. The van der Waals surface area contributed by atoms with Gasteiger partial charge in [-0.2, -0.15) is 0 Å². The van der Waals surface area contributed by atoms with E-state index in [4.69, 9.17) is 0 Å². The zero-order valence-corrected chi connectivity index (χ0v) is 12.1. The molecule has 0 spiro atoms. The van der Waals surface area contributed by atoms with Crippen LogP contribution in [0.5, 0.6) is 0 Å². The molecule has 0 aliphatic rings. The van der Waals surface area contributed by atoms with Gasteiger partial charge in [0.2, 0.25) is 0 Å². The fourth-order valence-electron chi connectivity index (χ4n) is 2.09. The number of ketones is 1. The van der Waals surface area contributed by atoms with E-state index in [0.29, 0.717) is 0 Å². The molecule has 0 saturated carbocycles. The van der Waals surface area contributed by atoms with Crippen molar-refractivity contribution in [1.29, 1.82) is 0 Å². The van der Waals surface area contributed by atoms with Crippen molar-refractivity contribution in [3.8, 4) is 0 Å². The summed E-state index contributed by atoms with van der Waals surface area (Å²) in [5.41, 5.74) is 1.98.